The van der Waals surface area contributed by atoms with Gasteiger partial charge in [0.1, 0.15) is 17.8 Å². The van der Waals surface area contributed by atoms with Crippen LogP contribution in [-0.4, -0.2) is 74.6 Å². The van der Waals surface area contributed by atoms with Crippen LogP contribution in [0.1, 0.15) is 91.7 Å². The van der Waals surface area contributed by atoms with Crippen molar-refractivity contribution in [3.8, 4) is 0 Å². The summed E-state index contributed by atoms with van der Waals surface area (Å²) in [5, 5.41) is 8.85. The number of aryl methyl sites for hydroxylation is 1. The fourth-order valence-corrected chi connectivity index (χ4v) is 9.45. The molecule has 5 amide bonds. The Morgan fingerprint density at radius 2 is 1.74 bits per heavy atom. The largest absolute Gasteiger partial charge is 0.468 e. The molecule has 1 saturated heterocycles. The lowest BCUT2D eigenvalue weighted by Crippen LogP contribution is -2.63. The molecular weight excluding hydrogens is 622 g/mol. The van der Waals surface area contributed by atoms with Gasteiger partial charge in [-0.2, -0.15) is 0 Å². The molecule has 5 N–H and O–H groups in total. The molecule has 2 unspecified atom stereocenters. The van der Waals surface area contributed by atoms with Crippen molar-refractivity contribution in [1.82, 2.24) is 20.9 Å². The number of primary amides is 1. The molecule has 0 radical (unpaired) electrons. The Kier molecular flexibility index (Phi) is 9.71. The van der Waals surface area contributed by atoms with E-state index >= 15 is 0 Å². The number of ketones is 1. The van der Waals surface area contributed by atoms with Gasteiger partial charge >= 0.3 is 6.03 Å². The van der Waals surface area contributed by atoms with Gasteiger partial charge < -0.3 is 31.0 Å². The van der Waals surface area contributed by atoms with Crippen LogP contribution in [0.15, 0.2) is 21.6 Å². The van der Waals surface area contributed by atoms with Gasteiger partial charge in [0, 0.05) is 6.54 Å². The van der Waals surface area contributed by atoms with Crippen molar-refractivity contribution in [1.29, 1.82) is 0 Å². The second-order valence-electron chi connectivity index (χ2n) is 15.9. The van der Waals surface area contributed by atoms with Crippen LogP contribution < -0.4 is 21.7 Å². The first kappa shape index (κ1) is 35.1. The van der Waals surface area contributed by atoms with Crippen LogP contribution in [0.5, 0.6) is 0 Å². The normalized spacial score (nSPS) is 26.3. The number of Topliss-reactive ketones (excluding diaryl/α,β-unsaturated/α-hetero) is 1. The molecule has 6 atom stereocenters. The molecule has 3 saturated carbocycles. The third kappa shape index (κ3) is 7.44. The zero-order valence-corrected chi connectivity index (χ0v) is 29.3. The summed E-state index contributed by atoms with van der Waals surface area (Å²) < 4.78 is 18.7. The van der Waals surface area contributed by atoms with Crippen molar-refractivity contribution in [3.63, 3.8) is 0 Å². The van der Waals surface area contributed by atoms with Crippen LogP contribution in [0.3, 0.4) is 0 Å². The predicted molar refractivity (Wildman–Crippen MR) is 175 cm³/mol. The molecule has 1 aromatic heterocycles. The first-order chi connectivity index (χ1) is 21.9. The maximum Gasteiger partial charge on any atom is 0.315 e. The second-order valence-corrected chi connectivity index (χ2v) is 17.3. The number of fused-ring (bicyclic) bond motifs is 1. The average molecular weight is 674 g/mol. The van der Waals surface area contributed by atoms with E-state index in [1.54, 1.807) is 17.9 Å². The molecule has 0 bridgehead atoms. The summed E-state index contributed by atoms with van der Waals surface area (Å²) in [6.07, 6.45) is 7.80. The number of likely N-dealkylation sites (tertiary alicyclic amines) is 1. The van der Waals surface area contributed by atoms with Crippen molar-refractivity contribution < 1.29 is 32.6 Å². The highest BCUT2D eigenvalue weighted by molar-refractivity contribution is 7.85. The zero-order chi connectivity index (χ0) is 34.5. The third-order valence-electron chi connectivity index (χ3n) is 10.9. The minimum Gasteiger partial charge on any atom is -0.468 e. The van der Waals surface area contributed by atoms with Crippen LogP contribution in [0.4, 0.5) is 4.79 Å². The van der Waals surface area contributed by atoms with E-state index in [2.05, 4.69) is 29.8 Å². The van der Waals surface area contributed by atoms with Gasteiger partial charge in [-0.3, -0.25) is 23.4 Å². The van der Waals surface area contributed by atoms with Crippen LogP contribution in [0.25, 0.3) is 0 Å². The number of nitrogens with one attached hydrogen (secondary N) is 3. The monoisotopic (exact) mass is 673 g/mol. The van der Waals surface area contributed by atoms with Crippen LogP contribution in [0.2, 0.25) is 0 Å². The molecule has 1 aromatic rings. The van der Waals surface area contributed by atoms with Crippen molar-refractivity contribution in [3.05, 3.63) is 18.1 Å². The summed E-state index contributed by atoms with van der Waals surface area (Å²) in [5.41, 5.74) is 3.70. The Morgan fingerprint density at radius 1 is 1.09 bits per heavy atom. The number of urea groups is 1. The van der Waals surface area contributed by atoms with E-state index in [0.717, 1.165) is 32.1 Å². The average Bonchev–Trinajstić information content (AvgIpc) is 3.74. The highest BCUT2D eigenvalue weighted by Gasteiger charge is 2.70. The molecule has 3 aliphatic carbocycles. The quantitative estimate of drug-likeness (QED) is 0.246. The van der Waals surface area contributed by atoms with Crippen LogP contribution >= 0.6 is 0 Å². The van der Waals surface area contributed by atoms with E-state index in [0.29, 0.717) is 36.5 Å². The number of hydrogen-bond donors (Lipinski definition) is 4. The van der Waals surface area contributed by atoms with E-state index in [-0.39, 0.29) is 34.8 Å². The summed E-state index contributed by atoms with van der Waals surface area (Å²) in [7, 11) is -1.39. The van der Waals surface area contributed by atoms with Crippen LogP contribution in [-0.2, 0) is 30.0 Å². The van der Waals surface area contributed by atoms with Crippen LogP contribution in [0, 0.1) is 35.5 Å². The Morgan fingerprint density at radius 3 is 2.30 bits per heavy atom. The number of nitrogens with zero attached hydrogens (tertiary/aromatic N) is 1. The lowest BCUT2D eigenvalue weighted by molar-refractivity contribution is -0.145. The van der Waals surface area contributed by atoms with Crippen molar-refractivity contribution in [2.75, 3.05) is 12.3 Å². The SMILES string of the molecule is Cc1occc1S(=O)CC1(NC(=O)N[C@H](C(=O)N2C[C@H]3[C@@H]([C@H]2C(=O)NC(CC2CC2)C(=O)C(N)=O)C3(C)C)C(C)(C)C)CCCCC1. The summed E-state index contributed by atoms with van der Waals surface area (Å²) in [5.74, 6) is -1.78. The van der Waals surface area contributed by atoms with Gasteiger partial charge in [-0.15, -0.1) is 0 Å². The predicted octanol–water partition coefficient (Wildman–Crippen LogP) is 2.93. The Labute approximate surface area is 279 Å². The number of hydrogen-bond acceptors (Lipinski definition) is 7. The number of carbonyl (C=O) groups is 5. The number of nitrogens with two attached hydrogens (primary N) is 1. The van der Waals surface area contributed by atoms with E-state index in [4.69, 9.17) is 10.2 Å². The zero-order valence-electron chi connectivity index (χ0n) is 28.5. The smallest absolute Gasteiger partial charge is 0.315 e. The molecule has 0 spiro atoms. The van der Waals surface area contributed by atoms with E-state index in [9.17, 15) is 28.2 Å². The lowest BCUT2D eigenvalue weighted by atomic mass is 9.83. The Hall–Kier alpha value is -3.22. The molecule has 13 heteroatoms. The number of furan rings is 1. The van der Waals surface area contributed by atoms with Gasteiger partial charge in [0.2, 0.25) is 17.6 Å². The van der Waals surface area contributed by atoms with E-state index < -0.39 is 63.5 Å². The molecule has 260 valence electrons. The van der Waals surface area contributed by atoms with Gasteiger partial charge in [0.05, 0.1) is 39.3 Å². The van der Waals surface area contributed by atoms with E-state index in [1.165, 1.54) is 6.26 Å². The fraction of sp³-hybridized carbons (Fsp3) is 0.735. The first-order valence-electron chi connectivity index (χ1n) is 16.9. The molecule has 4 aliphatic rings. The highest BCUT2D eigenvalue weighted by Crippen LogP contribution is 2.65. The number of carbonyl (C=O) groups excluding carboxylic acids is 5. The molecule has 2 heterocycles. The van der Waals surface area contributed by atoms with Crippen molar-refractivity contribution in [2.24, 2.45) is 34.3 Å². The third-order valence-corrected chi connectivity index (χ3v) is 12.7. The van der Waals surface area contributed by atoms with Crippen molar-refractivity contribution >= 4 is 40.3 Å². The van der Waals surface area contributed by atoms with Gasteiger partial charge in [-0.05, 0) is 60.8 Å². The first-order valence-corrected chi connectivity index (χ1v) is 18.2. The summed E-state index contributed by atoms with van der Waals surface area (Å²) in [6, 6.07) is -1.69. The van der Waals surface area contributed by atoms with Gasteiger partial charge in [-0.25, -0.2) is 4.79 Å². The summed E-state index contributed by atoms with van der Waals surface area (Å²) in [4.78, 5) is 68.6. The lowest BCUT2D eigenvalue weighted by Gasteiger charge is -2.40. The fourth-order valence-electron chi connectivity index (χ4n) is 7.86. The van der Waals surface area contributed by atoms with Gasteiger partial charge in [-0.1, -0.05) is 66.7 Å². The minimum atomic E-state index is -1.39. The second kappa shape index (κ2) is 13.0. The minimum absolute atomic E-state index is 0.0808. The standard InChI is InChI=1S/C34H51N5O7S/c1-19-23(12-15-46-19)47(45)18-34(13-8-7-9-14-34)38-31(44)37-27(32(2,3)4)30(43)39-17-21-24(33(21,5)6)25(39)29(42)36-22(16-20-10-11-20)26(40)28(35)41/h12,15,20-22,24-25,27H,7-11,13-14,16-18H2,1-6H3,(H2,35,41)(H,36,42)(H2,37,38,44)/t21-,22?,24-,25-,27+,47?/m0/s1. The number of rotatable bonds is 12. The van der Waals surface area contributed by atoms with E-state index in [1.807, 2.05) is 20.8 Å². The molecule has 0 aromatic carbocycles. The molecule has 5 rings (SSSR count). The van der Waals surface area contributed by atoms with Gasteiger partial charge in [0.25, 0.3) is 5.91 Å². The Bertz CT molecular complexity index is 1440. The number of amides is 5. The molecule has 47 heavy (non-hydrogen) atoms. The van der Waals surface area contributed by atoms with Crippen molar-refractivity contribution in [2.45, 2.75) is 121 Å². The highest BCUT2D eigenvalue weighted by atomic mass is 32.2. The molecule has 1 aliphatic heterocycles. The summed E-state index contributed by atoms with van der Waals surface area (Å²) in [6.45, 7) is 11.8. The molecule has 4 fully saturated rings. The molecule has 12 nitrogen and oxygen atoms in total. The number of piperidine rings is 1. The topological polar surface area (TPSA) is 181 Å². The summed E-state index contributed by atoms with van der Waals surface area (Å²) >= 11 is 0. The maximum atomic E-state index is 14.4. The Balaban J connectivity index is 1.33. The van der Waals surface area contributed by atoms with Gasteiger partial charge in [0.15, 0.2) is 0 Å². The maximum absolute atomic E-state index is 14.4. The molecular formula is C34H51N5O7S.